The second-order valence-electron chi connectivity index (χ2n) is 5.59. The van der Waals surface area contributed by atoms with E-state index in [-0.39, 0.29) is 24.0 Å². The molecule has 144 valence electrons. The van der Waals surface area contributed by atoms with Gasteiger partial charge in [-0.15, -0.1) is 35.3 Å². The van der Waals surface area contributed by atoms with Crippen LogP contribution in [0.15, 0.2) is 34.6 Å². The summed E-state index contributed by atoms with van der Waals surface area (Å²) in [5, 5.41) is 9.90. The predicted molar refractivity (Wildman–Crippen MR) is 121 cm³/mol. The van der Waals surface area contributed by atoms with Crippen molar-refractivity contribution in [3.63, 3.8) is 0 Å². The summed E-state index contributed by atoms with van der Waals surface area (Å²) in [5.74, 6) is 1.82. The van der Waals surface area contributed by atoms with Gasteiger partial charge in [-0.2, -0.15) is 0 Å². The fourth-order valence-electron chi connectivity index (χ4n) is 2.47. The summed E-state index contributed by atoms with van der Waals surface area (Å²) < 4.78 is 5.68. The van der Waals surface area contributed by atoms with Crippen molar-refractivity contribution in [2.24, 2.45) is 4.99 Å². The van der Waals surface area contributed by atoms with Crippen molar-refractivity contribution < 1.29 is 4.74 Å². The van der Waals surface area contributed by atoms with Crippen molar-refractivity contribution in [1.82, 2.24) is 15.6 Å². The van der Waals surface area contributed by atoms with Gasteiger partial charge in [-0.3, -0.25) is 4.99 Å². The van der Waals surface area contributed by atoms with Crippen LogP contribution in [0.3, 0.4) is 0 Å². The lowest BCUT2D eigenvalue weighted by molar-refractivity contribution is 0.336. The molecule has 2 N–H and O–H groups in total. The second-order valence-corrected chi connectivity index (χ2v) is 6.65. The van der Waals surface area contributed by atoms with Gasteiger partial charge < -0.3 is 15.4 Å². The van der Waals surface area contributed by atoms with Gasteiger partial charge in [-0.05, 0) is 38.8 Å². The third-order valence-corrected chi connectivity index (χ3v) is 4.43. The van der Waals surface area contributed by atoms with Gasteiger partial charge in [0.2, 0.25) is 0 Å². The number of hydrogen-bond donors (Lipinski definition) is 2. The highest BCUT2D eigenvalue weighted by Crippen LogP contribution is 2.17. The Morgan fingerprint density at radius 1 is 1.19 bits per heavy atom. The first-order valence-corrected chi connectivity index (χ1v) is 9.74. The van der Waals surface area contributed by atoms with E-state index in [0.717, 1.165) is 54.9 Å². The first-order valence-electron chi connectivity index (χ1n) is 8.86. The Hall–Kier alpha value is -1.35. The zero-order chi connectivity index (χ0) is 17.9. The Labute approximate surface area is 177 Å². The summed E-state index contributed by atoms with van der Waals surface area (Å²) in [6.07, 6.45) is 1.76. The van der Waals surface area contributed by atoms with Gasteiger partial charge in [-0.1, -0.05) is 18.2 Å². The summed E-state index contributed by atoms with van der Waals surface area (Å²) in [4.78, 5) is 9.11. The smallest absolute Gasteiger partial charge is 0.191 e. The molecule has 0 aliphatic rings. The third-order valence-electron chi connectivity index (χ3n) is 3.61. The molecule has 0 radical (unpaired) electrons. The van der Waals surface area contributed by atoms with E-state index in [9.17, 15) is 0 Å². The van der Waals surface area contributed by atoms with E-state index in [4.69, 9.17) is 4.74 Å². The zero-order valence-electron chi connectivity index (χ0n) is 15.7. The van der Waals surface area contributed by atoms with Gasteiger partial charge in [0.05, 0.1) is 17.3 Å². The molecule has 26 heavy (non-hydrogen) atoms. The van der Waals surface area contributed by atoms with Crippen LogP contribution in [0.25, 0.3) is 0 Å². The third kappa shape index (κ3) is 7.90. The zero-order valence-corrected chi connectivity index (χ0v) is 18.9. The van der Waals surface area contributed by atoms with E-state index < -0.39 is 0 Å². The lowest BCUT2D eigenvalue weighted by Crippen LogP contribution is -2.38. The molecule has 0 spiro atoms. The van der Waals surface area contributed by atoms with E-state index in [1.165, 1.54) is 5.56 Å². The minimum Gasteiger partial charge on any atom is -0.494 e. The molecule has 0 aliphatic carbocycles. The second kappa shape index (κ2) is 12.9. The number of halogens is 1. The standard InChI is InChI=1S/C19H28N4OS.HI/c1-4-20-19(22-13-11-17-14-25-15(3)23-17)21-12-10-16-8-6-7-9-18(16)24-5-2;/h6-9,14H,4-5,10-13H2,1-3H3,(H2,20,21,22);1H. The Bertz CT molecular complexity index is 675. The molecular formula is C19H29IN4OS. The summed E-state index contributed by atoms with van der Waals surface area (Å²) in [7, 11) is 0. The minimum absolute atomic E-state index is 0. The van der Waals surface area contributed by atoms with E-state index in [1.54, 1.807) is 11.3 Å². The van der Waals surface area contributed by atoms with Crippen LogP contribution >= 0.6 is 35.3 Å². The Kier molecular flexibility index (Phi) is 11.3. The molecule has 0 saturated heterocycles. The topological polar surface area (TPSA) is 58.5 Å². The van der Waals surface area contributed by atoms with Crippen molar-refractivity contribution in [3.8, 4) is 5.75 Å². The number of para-hydroxylation sites is 1. The van der Waals surface area contributed by atoms with Crippen LogP contribution in [-0.4, -0.2) is 37.2 Å². The molecule has 0 saturated carbocycles. The molecule has 0 unspecified atom stereocenters. The molecule has 1 heterocycles. The number of aromatic nitrogens is 1. The number of aliphatic imine (C=N–C) groups is 1. The monoisotopic (exact) mass is 488 g/mol. The fourth-order valence-corrected chi connectivity index (χ4v) is 3.12. The maximum Gasteiger partial charge on any atom is 0.191 e. The van der Waals surface area contributed by atoms with Crippen LogP contribution in [0.2, 0.25) is 0 Å². The molecule has 1 aromatic heterocycles. The first-order chi connectivity index (χ1) is 12.2. The first kappa shape index (κ1) is 22.7. The molecule has 5 nitrogen and oxygen atoms in total. The molecule has 7 heteroatoms. The molecule has 0 aliphatic heterocycles. The minimum atomic E-state index is 0. The number of rotatable bonds is 9. The predicted octanol–water partition coefficient (Wildman–Crippen LogP) is 3.81. The quantitative estimate of drug-likeness (QED) is 0.320. The Balaban J connectivity index is 0.00000338. The van der Waals surface area contributed by atoms with Crippen LogP contribution in [-0.2, 0) is 12.8 Å². The van der Waals surface area contributed by atoms with Gasteiger partial charge in [0.25, 0.3) is 0 Å². The fraction of sp³-hybridized carbons (Fsp3) is 0.474. The molecule has 0 atom stereocenters. The molecule has 1 aromatic carbocycles. The number of guanidine groups is 1. The summed E-state index contributed by atoms with van der Waals surface area (Å²) in [6.45, 7) is 9.19. The van der Waals surface area contributed by atoms with Gasteiger partial charge in [0.15, 0.2) is 5.96 Å². The van der Waals surface area contributed by atoms with Crippen LogP contribution < -0.4 is 15.4 Å². The van der Waals surface area contributed by atoms with E-state index in [2.05, 4.69) is 39.0 Å². The average Bonchev–Trinajstić information content (AvgIpc) is 3.02. The van der Waals surface area contributed by atoms with Crippen molar-refractivity contribution in [3.05, 3.63) is 45.9 Å². The van der Waals surface area contributed by atoms with Crippen molar-refractivity contribution in [2.75, 3.05) is 26.2 Å². The number of thiazole rings is 1. The number of aryl methyl sites for hydroxylation is 1. The largest absolute Gasteiger partial charge is 0.494 e. The average molecular weight is 488 g/mol. The van der Waals surface area contributed by atoms with Gasteiger partial charge in [-0.25, -0.2) is 4.98 Å². The van der Waals surface area contributed by atoms with Crippen molar-refractivity contribution >= 4 is 41.3 Å². The van der Waals surface area contributed by atoms with Gasteiger partial charge in [0.1, 0.15) is 5.75 Å². The van der Waals surface area contributed by atoms with Crippen molar-refractivity contribution in [2.45, 2.75) is 33.6 Å². The van der Waals surface area contributed by atoms with E-state index in [1.807, 2.05) is 32.0 Å². The summed E-state index contributed by atoms with van der Waals surface area (Å²) in [5.41, 5.74) is 2.33. The molecular weight excluding hydrogens is 459 g/mol. The Morgan fingerprint density at radius 3 is 2.69 bits per heavy atom. The molecule has 2 rings (SSSR count). The highest BCUT2D eigenvalue weighted by Gasteiger charge is 2.04. The van der Waals surface area contributed by atoms with E-state index >= 15 is 0 Å². The van der Waals surface area contributed by atoms with Gasteiger partial charge in [0, 0.05) is 31.4 Å². The lowest BCUT2D eigenvalue weighted by atomic mass is 10.1. The Morgan fingerprint density at radius 2 is 2.00 bits per heavy atom. The number of hydrogen-bond acceptors (Lipinski definition) is 4. The number of ether oxygens (including phenoxy) is 1. The number of benzene rings is 1. The van der Waals surface area contributed by atoms with Crippen molar-refractivity contribution in [1.29, 1.82) is 0 Å². The normalized spacial score (nSPS) is 11.0. The molecule has 0 fully saturated rings. The van der Waals surface area contributed by atoms with Crippen LogP contribution in [0.4, 0.5) is 0 Å². The van der Waals surface area contributed by atoms with Crippen LogP contribution in [0.5, 0.6) is 5.75 Å². The molecule has 0 bridgehead atoms. The van der Waals surface area contributed by atoms with E-state index in [0.29, 0.717) is 6.61 Å². The summed E-state index contributed by atoms with van der Waals surface area (Å²) >= 11 is 1.69. The number of nitrogens with zero attached hydrogens (tertiary/aromatic N) is 2. The SMILES string of the molecule is CCNC(=NCCc1csc(C)n1)NCCc1ccccc1OCC.I. The van der Waals surface area contributed by atoms with Crippen LogP contribution in [0.1, 0.15) is 30.1 Å². The lowest BCUT2D eigenvalue weighted by Gasteiger charge is -2.13. The maximum absolute atomic E-state index is 5.68. The highest BCUT2D eigenvalue weighted by atomic mass is 127. The summed E-state index contributed by atoms with van der Waals surface area (Å²) in [6, 6.07) is 8.19. The van der Waals surface area contributed by atoms with Crippen LogP contribution in [0, 0.1) is 6.92 Å². The highest BCUT2D eigenvalue weighted by molar-refractivity contribution is 14.0. The number of nitrogens with one attached hydrogen (secondary N) is 2. The molecule has 0 amide bonds. The maximum atomic E-state index is 5.68. The van der Waals surface area contributed by atoms with Gasteiger partial charge >= 0.3 is 0 Å². The molecule has 2 aromatic rings.